The Morgan fingerprint density at radius 2 is 0.700 bits per heavy atom. The van der Waals surface area contributed by atoms with Gasteiger partial charge in [0.25, 0.3) is 0 Å². The maximum Gasteiger partial charge on any atom is 0.220 e. The fourth-order valence-corrected chi connectivity index (χ4v) is 1.64. The zero-order valence-corrected chi connectivity index (χ0v) is 9.64. The number of halogens is 8. The van der Waals surface area contributed by atoms with Gasteiger partial charge in [0.2, 0.25) is 11.3 Å². The lowest BCUT2D eigenvalue weighted by Crippen LogP contribution is -2.70. The van der Waals surface area contributed by atoms with E-state index in [0.717, 1.165) is 0 Å². The SMILES string of the molecule is FN(F)C1(N(F)F)CNCC(N(F)F)(N(F)F)CNC1. The van der Waals surface area contributed by atoms with Gasteiger partial charge in [-0.15, -0.1) is 0 Å². The number of nitrogens with zero attached hydrogens (tertiary/aromatic N) is 4. The Morgan fingerprint density at radius 3 is 0.850 bits per heavy atom. The molecule has 0 aromatic heterocycles. The quantitative estimate of drug-likeness (QED) is 0.455. The summed E-state index contributed by atoms with van der Waals surface area (Å²) in [6.45, 7) is -4.93. The topological polar surface area (TPSA) is 37.0 Å². The fraction of sp³-hybridized carbons (Fsp3) is 1.00. The van der Waals surface area contributed by atoms with Crippen molar-refractivity contribution in [3.63, 3.8) is 0 Å². The molecule has 6 nitrogen and oxygen atoms in total. The zero-order chi connectivity index (χ0) is 15.6. The summed E-state index contributed by atoms with van der Waals surface area (Å²) in [4.78, 5) is 0. The number of rotatable bonds is 4. The van der Waals surface area contributed by atoms with Crippen LogP contribution >= 0.6 is 0 Å². The molecule has 20 heavy (non-hydrogen) atoms. The third-order valence-corrected chi connectivity index (χ3v) is 2.89. The van der Waals surface area contributed by atoms with E-state index < -0.39 is 58.9 Å². The Bertz CT molecular complexity index is 256. The third kappa shape index (κ3) is 2.94. The lowest BCUT2D eigenvalue weighted by molar-refractivity contribution is -0.382. The van der Waals surface area contributed by atoms with Crippen LogP contribution in [0.2, 0.25) is 0 Å². The van der Waals surface area contributed by atoms with Crippen LogP contribution in [-0.2, 0) is 0 Å². The predicted molar refractivity (Wildman–Crippen MR) is 47.4 cm³/mol. The smallest absolute Gasteiger partial charge is 0.220 e. The van der Waals surface area contributed by atoms with E-state index in [4.69, 9.17) is 0 Å². The van der Waals surface area contributed by atoms with E-state index in [1.54, 1.807) is 10.6 Å². The van der Waals surface area contributed by atoms with Gasteiger partial charge in [0.15, 0.2) is 0 Å². The minimum absolute atomic E-state index is 1.23. The van der Waals surface area contributed by atoms with Gasteiger partial charge < -0.3 is 10.6 Å². The Kier molecular flexibility index (Phi) is 5.45. The van der Waals surface area contributed by atoms with E-state index in [-0.39, 0.29) is 0 Å². The van der Waals surface area contributed by atoms with Crippen LogP contribution in [0, 0.1) is 0 Å². The van der Waals surface area contributed by atoms with Crippen molar-refractivity contribution in [2.24, 2.45) is 0 Å². The van der Waals surface area contributed by atoms with Gasteiger partial charge in [-0.2, -0.15) is 0 Å². The molecule has 120 valence electrons. The van der Waals surface area contributed by atoms with Gasteiger partial charge in [-0.3, -0.25) is 0 Å². The van der Waals surface area contributed by atoms with Crippen molar-refractivity contribution in [3.05, 3.63) is 0 Å². The summed E-state index contributed by atoms with van der Waals surface area (Å²) in [5.74, 6) is 0. The van der Waals surface area contributed by atoms with Gasteiger partial charge in [-0.1, -0.05) is 35.9 Å². The first-order valence-corrected chi connectivity index (χ1v) is 5.08. The Hall–Kier alpha value is -0.800. The first-order chi connectivity index (χ1) is 9.19. The van der Waals surface area contributed by atoms with Crippen LogP contribution in [0.3, 0.4) is 0 Å². The summed E-state index contributed by atoms with van der Waals surface area (Å²) in [7, 11) is 0. The van der Waals surface area contributed by atoms with E-state index in [0.29, 0.717) is 0 Å². The van der Waals surface area contributed by atoms with Crippen molar-refractivity contribution in [2.75, 3.05) is 26.2 Å². The minimum atomic E-state index is -3.15. The van der Waals surface area contributed by atoms with Gasteiger partial charge in [0.1, 0.15) is 0 Å². The summed E-state index contributed by atoms with van der Waals surface area (Å²) in [5, 5.41) is -3.78. The van der Waals surface area contributed by atoms with E-state index >= 15 is 0 Å². The summed E-state index contributed by atoms with van der Waals surface area (Å²) in [6, 6.07) is 0. The molecule has 1 rings (SSSR count). The van der Waals surface area contributed by atoms with Crippen LogP contribution in [0.1, 0.15) is 0 Å². The first-order valence-electron chi connectivity index (χ1n) is 5.08. The molecule has 0 radical (unpaired) electrons. The summed E-state index contributed by atoms with van der Waals surface area (Å²) in [6.07, 6.45) is 0. The highest BCUT2D eigenvalue weighted by Crippen LogP contribution is 2.27. The van der Waals surface area contributed by atoms with Crippen LogP contribution in [0.15, 0.2) is 0 Å². The molecule has 1 fully saturated rings. The van der Waals surface area contributed by atoms with Crippen molar-refractivity contribution in [1.82, 2.24) is 32.0 Å². The van der Waals surface area contributed by atoms with Crippen molar-refractivity contribution < 1.29 is 35.9 Å². The van der Waals surface area contributed by atoms with Crippen LogP contribution in [-0.4, -0.2) is 58.9 Å². The summed E-state index contributed by atoms with van der Waals surface area (Å²) in [5.41, 5.74) is -6.30. The molecule has 14 heteroatoms. The molecular formula is C6H10F8N6. The van der Waals surface area contributed by atoms with Crippen molar-refractivity contribution in [3.8, 4) is 0 Å². The fourth-order valence-electron chi connectivity index (χ4n) is 1.64. The molecule has 0 amide bonds. The standard InChI is InChI=1S/C6H10F8N6/c7-17(8)5(18(9)10)1-15-3-6(19(11)12,20(13)14)4-16-2-5/h15-16H,1-4H2. The maximum absolute atomic E-state index is 12.6. The van der Waals surface area contributed by atoms with Crippen LogP contribution in [0.25, 0.3) is 0 Å². The molecular weight excluding hydrogens is 308 g/mol. The van der Waals surface area contributed by atoms with Gasteiger partial charge in [0.05, 0.1) is 0 Å². The molecule has 0 aromatic carbocycles. The Morgan fingerprint density at radius 1 is 0.500 bits per heavy atom. The summed E-state index contributed by atoms with van der Waals surface area (Å²) < 4.78 is 101. The zero-order valence-electron chi connectivity index (χ0n) is 9.64. The molecule has 0 aromatic rings. The number of nitrogens with one attached hydrogen (secondary N) is 2. The lowest BCUT2D eigenvalue weighted by Gasteiger charge is -2.40. The molecule has 2 N–H and O–H groups in total. The molecule has 0 unspecified atom stereocenters. The van der Waals surface area contributed by atoms with Crippen LogP contribution in [0.4, 0.5) is 35.9 Å². The van der Waals surface area contributed by atoms with E-state index in [2.05, 4.69) is 0 Å². The molecule has 0 saturated carbocycles. The van der Waals surface area contributed by atoms with Crippen LogP contribution in [0.5, 0.6) is 0 Å². The van der Waals surface area contributed by atoms with Gasteiger partial charge in [-0.05, 0) is 0 Å². The molecule has 0 spiro atoms. The second-order valence-electron chi connectivity index (χ2n) is 4.10. The molecule has 1 heterocycles. The van der Waals surface area contributed by atoms with Gasteiger partial charge in [-0.25, -0.2) is 0 Å². The lowest BCUT2D eigenvalue weighted by atomic mass is 10.1. The van der Waals surface area contributed by atoms with Crippen LogP contribution < -0.4 is 10.6 Å². The minimum Gasteiger partial charge on any atom is -0.309 e. The molecule has 0 aliphatic carbocycles. The largest absolute Gasteiger partial charge is 0.309 e. The molecule has 0 atom stereocenters. The van der Waals surface area contributed by atoms with E-state index in [1.807, 2.05) is 0 Å². The molecule has 0 bridgehead atoms. The predicted octanol–water partition coefficient (Wildman–Crippen LogP) is 0.856. The van der Waals surface area contributed by atoms with Crippen molar-refractivity contribution in [2.45, 2.75) is 11.3 Å². The van der Waals surface area contributed by atoms with Crippen molar-refractivity contribution >= 4 is 0 Å². The molecule has 1 saturated heterocycles. The highest BCUT2D eigenvalue weighted by molar-refractivity contribution is 4.92. The maximum atomic E-state index is 12.6. The second-order valence-corrected chi connectivity index (χ2v) is 4.10. The highest BCUT2D eigenvalue weighted by atomic mass is 19.4. The number of hydrogen-bond acceptors (Lipinski definition) is 6. The second kappa shape index (κ2) is 6.31. The average Bonchev–Trinajstić information content (AvgIpc) is 2.27. The Labute approximate surface area is 107 Å². The van der Waals surface area contributed by atoms with Crippen molar-refractivity contribution in [1.29, 1.82) is 0 Å². The Balaban J connectivity index is 2.90. The molecule has 1 aliphatic heterocycles. The summed E-state index contributed by atoms with van der Waals surface area (Å²) >= 11 is 0. The number of hydrogen-bond donors (Lipinski definition) is 2. The first kappa shape index (κ1) is 17.3. The highest BCUT2D eigenvalue weighted by Gasteiger charge is 2.53. The monoisotopic (exact) mass is 318 g/mol. The normalized spacial score (nSPS) is 23.4. The van der Waals surface area contributed by atoms with Gasteiger partial charge in [0, 0.05) is 47.6 Å². The van der Waals surface area contributed by atoms with E-state index in [1.165, 1.54) is 0 Å². The van der Waals surface area contributed by atoms with E-state index in [9.17, 15) is 35.9 Å². The molecule has 1 aliphatic rings. The van der Waals surface area contributed by atoms with Gasteiger partial charge >= 0.3 is 0 Å². The third-order valence-electron chi connectivity index (χ3n) is 2.89. The average molecular weight is 318 g/mol.